The average Bonchev–Trinajstić information content (AvgIpc) is 2.21. The molecule has 0 amide bonds. The molecule has 6 heteroatoms. The van der Waals surface area contributed by atoms with Crippen molar-refractivity contribution in [2.45, 2.75) is 6.54 Å². The first-order valence-corrected chi connectivity index (χ1v) is 6.24. The van der Waals surface area contributed by atoms with Crippen molar-refractivity contribution in [3.8, 4) is 5.75 Å². The van der Waals surface area contributed by atoms with E-state index < -0.39 is 5.97 Å². The third-order valence-corrected chi connectivity index (χ3v) is 3.49. The summed E-state index contributed by atoms with van der Waals surface area (Å²) in [4.78, 5) is 12.7. The van der Waals surface area contributed by atoms with E-state index in [1.165, 1.54) is 0 Å². The Morgan fingerprint density at radius 3 is 2.72 bits per heavy atom. The van der Waals surface area contributed by atoms with Crippen LogP contribution in [0, 0.1) is 5.92 Å². The quantitative estimate of drug-likeness (QED) is 0.925. The van der Waals surface area contributed by atoms with Gasteiger partial charge in [0, 0.05) is 30.2 Å². The minimum Gasteiger partial charge on any atom is -0.495 e. The molecule has 0 spiro atoms. The fourth-order valence-electron chi connectivity index (χ4n) is 2.06. The van der Waals surface area contributed by atoms with Crippen LogP contribution in [-0.4, -0.2) is 36.2 Å². The van der Waals surface area contributed by atoms with Crippen molar-refractivity contribution in [2.24, 2.45) is 5.92 Å². The van der Waals surface area contributed by atoms with Gasteiger partial charge in [0.15, 0.2) is 0 Å². The lowest BCUT2D eigenvalue weighted by Gasteiger charge is -2.36. The third kappa shape index (κ3) is 2.71. The van der Waals surface area contributed by atoms with Crippen LogP contribution in [0.2, 0.25) is 10.0 Å². The molecule has 1 N–H and O–H groups in total. The number of aliphatic carboxylic acids is 1. The minimum atomic E-state index is -0.748. The highest BCUT2D eigenvalue weighted by atomic mass is 35.5. The van der Waals surface area contributed by atoms with E-state index in [4.69, 9.17) is 33.0 Å². The summed E-state index contributed by atoms with van der Waals surface area (Å²) in [5.41, 5.74) is 0.874. The molecule has 0 aliphatic carbocycles. The van der Waals surface area contributed by atoms with Crippen molar-refractivity contribution in [3.05, 3.63) is 27.7 Å². The lowest BCUT2D eigenvalue weighted by Crippen LogP contribution is -2.49. The second-order valence-corrected chi connectivity index (χ2v) is 5.15. The molecule has 1 heterocycles. The number of nitrogens with zero attached hydrogens (tertiary/aromatic N) is 1. The van der Waals surface area contributed by atoms with Crippen LogP contribution in [0.25, 0.3) is 0 Å². The molecule has 1 aliphatic rings. The number of halogens is 2. The smallest absolute Gasteiger partial charge is 0.309 e. The minimum absolute atomic E-state index is 0.273. The van der Waals surface area contributed by atoms with Gasteiger partial charge in [-0.3, -0.25) is 9.69 Å². The number of carboxylic acid groups (broad SMARTS) is 1. The van der Waals surface area contributed by atoms with Crippen molar-refractivity contribution >= 4 is 29.2 Å². The third-order valence-electron chi connectivity index (χ3n) is 2.99. The molecule has 98 valence electrons. The van der Waals surface area contributed by atoms with Gasteiger partial charge in [-0.25, -0.2) is 0 Å². The summed E-state index contributed by atoms with van der Waals surface area (Å²) in [5, 5.41) is 9.83. The second kappa shape index (κ2) is 5.34. The van der Waals surface area contributed by atoms with Gasteiger partial charge in [-0.15, -0.1) is 0 Å². The van der Waals surface area contributed by atoms with Crippen molar-refractivity contribution in [1.29, 1.82) is 0 Å². The van der Waals surface area contributed by atoms with E-state index in [0.29, 0.717) is 35.4 Å². The Morgan fingerprint density at radius 1 is 1.50 bits per heavy atom. The van der Waals surface area contributed by atoms with E-state index in [1.54, 1.807) is 19.2 Å². The van der Waals surface area contributed by atoms with E-state index in [0.717, 1.165) is 5.56 Å². The normalized spacial score (nSPS) is 16.4. The second-order valence-electron chi connectivity index (χ2n) is 4.31. The van der Waals surface area contributed by atoms with Gasteiger partial charge in [-0.2, -0.15) is 0 Å². The Hall–Kier alpha value is -0.970. The first kappa shape index (κ1) is 13.5. The number of hydrogen-bond donors (Lipinski definition) is 1. The summed E-state index contributed by atoms with van der Waals surface area (Å²) in [5.74, 6) is -0.423. The van der Waals surface area contributed by atoms with Crippen molar-refractivity contribution in [1.82, 2.24) is 4.90 Å². The Labute approximate surface area is 115 Å². The van der Waals surface area contributed by atoms with Crippen molar-refractivity contribution in [3.63, 3.8) is 0 Å². The molecule has 0 bridgehead atoms. The largest absolute Gasteiger partial charge is 0.495 e. The Kier molecular flexibility index (Phi) is 4.00. The predicted molar refractivity (Wildman–Crippen MR) is 69.4 cm³/mol. The highest BCUT2D eigenvalue weighted by Gasteiger charge is 2.32. The molecule has 0 radical (unpaired) electrons. The van der Waals surface area contributed by atoms with Gasteiger partial charge in [-0.1, -0.05) is 23.2 Å². The van der Waals surface area contributed by atoms with Gasteiger partial charge in [-0.05, 0) is 12.1 Å². The number of hydrogen-bond acceptors (Lipinski definition) is 3. The monoisotopic (exact) mass is 289 g/mol. The SMILES string of the molecule is COc1c(Cl)cc(Cl)cc1CN1CC(C(=O)O)C1. The lowest BCUT2D eigenvalue weighted by atomic mass is 9.99. The number of ether oxygens (including phenoxy) is 1. The van der Waals surface area contributed by atoms with Gasteiger partial charge >= 0.3 is 5.97 Å². The van der Waals surface area contributed by atoms with E-state index in [-0.39, 0.29) is 5.92 Å². The number of likely N-dealkylation sites (tertiary alicyclic amines) is 1. The van der Waals surface area contributed by atoms with Gasteiger partial charge in [0.05, 0.1) is 18.1 Å². The number of carbonyl (C=O) groups is 1. The molecule has 1 aromatic carbocycles. The molecule has 0 aromatic heterocycles. The molecule has 0 unspecified atom stereocenters. The number of carboxylic acids is 1. The van der Waals surface area contributed by atoms with Crippen LogP contribution < -0.4 is 4.74 Å². The van der Waals surface area contributed by atoms with Crippen LogP contribution in [0.5, 0.6) is 5.75 Å². The van der Waals surface area contributed by atoms with Gasteiger partial charge in [0.2, 0.25) is 0 Å². The standard InChI is InChI=1S/C12H13Cl2NO3/c1-18-11-7(2-9(13)3-10(11)14)4-15-5-8(6-15)12(16)17/h2-3,8H,4-6H2,1H3,(H,16,17). The predicted octanol–water partition coefficient (Wildman–Crippen LogP) is 2.52. The maximum absolute atomic E-state index is 10.7. The Balaban J connectivity index is 2.08. The molecular weight excluding hydrogens is 277 g/mol. The van der Waals surface area contributed by atoms with E-state index in [2.05, 4.69) is 0 Å². The molecular formula is C12H13Cl2NO3. The first-order valence-electron chi connectivity index (χ1n) is 5.48. The van der Waals surface area contributed by atoms with Crippen LogP contribution >= 0.6 is 23.2 Å². The molecule has 1 aliphatic heterocycles. The van der Waals surface area contributed by atoms with Crippen molar-refractivity contribution < 1.29 is 14.6 Å². The highest BCUT2D eigenvalue weighted by molar-refractivity contribution is 6.35. The topological polar surface area (TPSA) is 49.8 Å². The lowest BCUT2D eigenvalue weighted by molar-refractivity contribution is -0.147. The first-order chi connectivity index (χ1) is 8.51. The maximum Gasteiger partial charge on any atom is 0.309 e. The maximum atomic E-state index is 10.7. The summed E-state index contributed by atoms with van der Waals surface area (Å²) < 4.78 is 5.24. The van der Waals surface area contributed by atoms with Gasteiger partial charge < -0.3 is 9.84 Å². The zero-order chi connectivity index (χ0) is 13.3. The molecule has 1 saturated heterocycles. The summed E-state index contributed by atoms with van der Waals surface area (Å²) in [6, 6.07) is 3.42. The number of rotatable bonds is 4. The van der Waals surface area contributed by atoms with Crippen LogP contribution in [0.4, 0.5) is 0 Å². The highest BCUT2D eigenvalue weighted by Crippen LogP contribution is 2.34. The Morgan fingerprint density at radius 2 is 2.17 bits per heavy atom. The summed E-state index contributed by atoms with van der Waals surface area (Å²) in [7, 11) is 1.55. The summed E-state index contributed by atoms with van der Waals surface area (Å²) in [6.07, 6.45) is 0. The van der Waals surface area contributed by atoms with E-state index >= 15 is 0 Å². The number of benzene rings is 1. The summed E-state index contributed by atoms with van der Waals surface area (Å²) >= 11 is 12.0. The molecule has 0 atom stereocenters. The molecule has 1 fully saturated rings. The zero-order valence-corrected chi connectivity index (χ0v) is 11.3. The molecule has 18 heavy (non-hydrogen) atoms. The average molecular weight is 290 g/mol. The fourth-order valence-corrected chi connectivity index (χ4v) is 2.67. The zero-order valence-electron chi connectivity index (χ0n) is 9.82. The fraction of sp³-hybridized carbons (Fsp3) is 0.417. The van der Waals surface area contributed by atoms with Crippen LogP contribution in [0.1, 0.15) is 5.56 Å². The van der Waals surface area contributed by atoms with Crippen LogP contribution in [0.15, 0.2) is 12.1 Å². The van der Waals surface area contributed by atoms with E-state index in [9.17, 15) is 4.79 Å². The number of methoxy groups -OCH3 is 1. The van der Waals surface area contributed by atoms with Crippen molar-refractivity contribution in [2.75, 3.05) is 20.2 Å². The molecule has 4 nitrogen and oxygen atoms in total. The van der Waals surface area contributed by atoms with Crippen LogP contribution in [0.3, 0.4) is 0 Å². The van der Waals surface area contributed by atoms with Crippen LogP contribution in [-0.2, 0) is 11.3 Å². The summed E-state index contributed by atoms with van der Waals surface area (Å²) in [6.45, 7) is 1.68. The van der Waals surface area contributed by atoms with Gasteiger partial charge in [0.1, 0.15) is 5.75 Å². The molecule has 0 saturated carbocycles. The van der Waals surface area contributed by atoms with E-state index in [1.807, 2.05) is 4.90 Å². The van der Waals surface area contributed by atoms with Gasteiger partial charge in [0.25, 0.3) is 0 Å². The Bertz CT molecular complexity index is 473. The molecule has 2 rings (SSSR count). The molecule has 1 aromatic rings.